The Morgan fingerprint density at radius 1 is 1.29 bits per heavy atom. The molecule has 2 heterocycles. The minimum Gasteiger partial charge on any atom is -0.343 e. The molecule has 0 spiro atoms. The lowest BCUT2D eigenvalue weighted by molar-refractivity contribution is 0.408. The number of hydrogen-bond acceptors (Lipinski definition) is 3. The van der Waals surface area contributed by atoms with Gasteiger partial charge in [-0.2, -0.15) is 4.98 Å². The molecule has 0 saturated heterocycles. The highest BCUT2D eigenvalue weighted by Crippen LogP contribution is 2.21. The van der Waals surface area contributed by atoms with Gasteiger partial charge in [-0.3, -0.25) is 0 Å². The molecular formula is C13H13N3O. The van der Waals surface area contributed by atoms with Gasteiger partial charge >= 0.3 is 0 Å². The van der Waals surface area contributed by atoms with Crippen molar-refractivity contribution in [2.75, 3.05) is 0 Å². The van der Waals surface area contributed by atoms with Crippen LogP contribution >= 0.6 is 0 Å². The normalized spacial score (nSPS) is 11.1. The van der Waals surface area contributed by atoms with Gasteiger partial charge < -0.3 is 9.09 Å². The van der Waals surface area contributed by atoms with Gasteiger partial charge in [-0.05, 0) is 23.4 Å². The summed E-state index contributed by atoms with van der Waals surface area (Å²) in [7, 11) is 0. The minimum atomic E-state index is 0.650. The molecule has 0 saturated carbocycles. The second-order valence-electron chi connectivity index (χ2n) is 4.00. The van der Waals surface area contributed by atoms with Crippen molar-refractivity contribution >= 4 is 10.9 Å². The predicted molar refractivity (Wildman–Crippen MR) is 64.7 cm³/mol. The van der Waals surface area contributed by atoms with Gasteiger partial charge in [0.15, 0.2) is 5.82 Å². The van der Waals surface area contributed by atoms with Crippen LogP contribution in [0.5, 0.6) is 0 Å². The molecular weight excluding hydrogens is 214 g/mol. The van der Waals surface area contributed by atoms with Crippen LogP contribution in [0.25, 0.3) is 10.9 Å². The predicted octanol–water partition coefficient (Wildman–Crippen LogP) is 2.64. The highest BCUT2D eigenvalue weighted by molar-refractivity contribution is 5.83. The van der Waals surface area contributed by atoms with Gasteiger partial charge in [-0.1, -0.05) is 30.3 Å². The van der Waals surface area contributed by atoms with Crippen LogP contribution in [0.2, 0.25) is 0 Å². The van der Waals surface area contributed by atoms with E-state index in [0.717, 1.165) is 6.42 Å². The van der Waals surface area contributed by atoms with Crippen molar-refractivity contribution in [3.8, 4) is 0 Å². The molecule has 0 aliphatic carbocycles. The number of benzene rings is 1. The molecule has 3 aromatic rings. The molecule has 0 bridgehead atoms. The Balaban J connectivity index is 2.10. The Bertz CT molecular complexity index is 625. The van der Waals surface area contributed by atoms with Crippen molar-refractivity contribution in [2.24, 2.45) is 0 Å². The molecule has 86 valence electrons. The fourth-order valence-corrected chi connectivity index (χ4v) is 2.17. The van der Waals surface area contributed by atoms with Crippen LogP contribution in [-0.2, 0) is 13.0 Å². The Morgan fingerprint density at radius 2 is 2.24 bits per heavy atom. The molecule has 0 aliphatic rings. The molecule has 0 N–H and O–H groups in total. The first kappa shape index (κ1) is 10.1. The van der Waals surface area contributed by atoms with Crippen molar-refractivity contribution in [2.45, 2.75) is 19.9 Å². The van der Waals surface area contributed by atoms with Crippen molar-refractivity contribution in [3.05, 3.63) is 48.2 Å². The van der Waals surface area contributed by atoms with E-state index < -0.39 is 0 Å². The summed E-state index contributed by atoms with van der Waals surface area (Å²) >= 11 is 0. The lowest BCUT2D eigenvalue weighted by atomic mass is 10.1. The average molecular weight is 227 g/mol. The standard InChI is InChI=1S/C13H13N3O/c1-2-10-4-3-5-11-6-7-16(13(10)11)8-12-14-9-17-15-12/h3-7,9H,2,8H2,1H3. The summed E-state index contributed by atoms with van der Waals surface area (Å²) in [4.78, 5) is 4.05. The molecule has 0 atom stereocenters. The van der Waals surface area contributed by atoms with Crippen molar-refractivity contribution in [3.63, 3.8) is 0 Å². The third-order valence-corrected chi connectivity index (χ3v) is 2.97. The molecule has 0 unspecified atom stereocenters. The molecule has 0 radical (unpaired) electrons. The number of fused-ring (bicyclic) bond motifs is 1. The third-order valence-electron chi connectivity index (χ3n) is 2.97. The van der Waals surface area contributed by atoms with Gasteiger partial charge in [0.2, 0.25) is 6.39 Å². The van der Waals surface area contributed by atoms with Crippen LogP contribution in [0.3, 0.4) is 0 Å². The summed E-state index contributed by atoms with van der Waals surface area (Å²) in [5.74, 6) is 0.702. The molecule has 0 aliphatic heterocycles. The number of hydrogen-bond donors (Lipinski definition) is 0. The second kappa shape index (κ2) is 4.05. The van der Waals surface area contributed by atoms with Crippen LogP contribution in [-0.4, -0.2) is 14.7 Å². The van der Waals surface area contributed by atoms with Crippen LogP contribution < -0.4 is 0 Å². The molecule has 2 aromatic heterocycles. The Labute approximate surface area is 98.9 Å². The van der Waals surface area contributed by atoms with Gasteiger partial charge in [0.25, 0.3) is 0 Å². The van der Waals surface area contributed by atoms with E-state index in [0.29, 0.717) is 12.4 Å². The SMILES string of the molecule is CCc1cccc2ccn(Cc3ncon3)c12. The van der Waals surface area contributed by atoms with E-state index in [1.807, 2.05) is 0 Å². The van der Waals surface area contributed by atoms with Gasteiger partial charge in [-0.25, -0.2) is 0 Å². The van der Waals surface area contributed by atoms with E-state index >= 15 is 0 Å². The second-order valence-corrected chi connectivity index (χ2v) is 4.00. The Kier molecular flexibility index (Phi) is 2.40. The van der Waals surface area contributed by atoms with Crippen molar-refractivity contribution < 1.29 is 4.52 Å². The van der Waals surface area contributed by atoms with Gasteiger partial charge in [0.05, 0.1) is 12.1 Å². The van der Waals surface area contributed by atoms with Crippen LogP contribution in [0.1, 0.15) is 18.3 Å². The van der Waals surface area contributed by atoms with Crippen LogP contribution in [0.15, 0.2) is 41.4 Å². The van der Waals surface area contributed by atoms with Gasteiger partial charge in [-0.15, -0.1) is 0 Å². The fourth-order valence-electron chi connectivity index (χ4n) is 2.17. The summed E-state index contributed by atoms with van der Waals surface area (Å²) in [5.41, 5.74) is 2.61. The lowest BCUT2D eigenvalue weighted by Gasteiger charge is -2.06. The third kappa shape index (κ3) is 1.71. The van der Waals surface area contributed by atoms with E-state index in [4.69, 9.17) is 4.52 Å². The fraction of sp³-hybridized carbons (Fsp3) is 0.231. The van der Waals surface area contributed by atoms with Crippen molar-refractivity contribution in [1.29, 1.82) is 0 Å². The topological polar surface area (TPSA) is 43.9 Å². The number of para-hydroxylation sites is 1. The molecule has 0 fully saturated rings. The summed E-state index contributed by atoms with van der Waals surface area (Å²) in [6.45, 7) is 2.82. The smallest absolute Gasteiger partial charge is 0.213 e. The number of rotatable bonds is 3. The van der Waals surface area contributed by atoms with Crippen LogP contribution in [0, 0.1) is 0 Å². The first-order chi connectivity index (χ1) is 8.38. The highest BCUT2D eigenvalue weighted by Gasteiger charge is 2.07. The van der Waals surface area contributed by atoms with E-state index in [2.05, 4.69) is 52.1 Å². The van der Waals surface area contributed by atoms with E-state index in [-0.39, 0.29) is 0 Å². The maximum absolute atomic E-state index is 4.76. The molecule has 17 heavy (non-hydrogen) atoms. The maximum Gasteiger partial charge on any atom is 0.213 e. The number of nitrogens with zero attached hydrogens (tertiary/aromatic N) is 3. The first-order valence-corrected chi connectivity index (χ1v) is 5.70. The van der Waals surface area contributed by atoms with E-state index in [9.17, 15) is 0 Å². The zero-order chi connectivity index (χ0) is 11.7. The van der Waals surface area contributed by atoms with E-state index in [1.54, 1.807) is 0 Å². The van der Waals surface area contributed by atoms with Gasteiger partial charge in [0, 0.05) is 6.20 Å². The highest BCUT2D eigenvalue weighted by atomic mass is 16.5. The number of aryl methyl sites for hydroxylation is 1. The monoisotopic (exact) mass is 227 g/mol. The average Bonchev–Trinajstić information content (AvgIpc) is 2.99. The van der Waals surface area contributed by atoms with E-state index in [1.165, 1.54) is 22.9 Å². The minimum absolute atomic E-state index is 0.650. The Hall–Kier alpha value is -2.10. The Morgan fingerprint density at radius 3 is 3.00 bits per heavy atom. The van der Waals surface area contributed by atoms with Crippen molar-refractivity contribution in [1.82, 2.24) is 14.7 Å². The van der Waals surface area contributed by atoms with Gasteiger partial charge in [0.1, 0.15) is 0 Å². The summed E-state index contributed by atoms with van der Waals surface area (Å²) in [6.07, 6.45) is 4.45. The largest absolute Gasteiger partial charge is 0.343 e. The lowest BCUT2D eigenvalue weighted by Crippen LogP contribution is -2.01. The molecule has 1 aromatic carbocycles. The summed E-state index contributed by atoms with van der Waals surface area (Å²) in [6, 6.07) is 8.50. The maximum atomic E-state index is 4.76. The molecule has 4 nitrogen and oxygen atoms in total. The quantitative estimate of drug-likeness (QED) is 0.690. The summed E-state index contributed by atoms with van der Waals surface area (Å²) in [5, 5.41) is 5.10. The zero-order valence-electron chi connectivity index (χ0n) is 9.63. The zero-order valence-corrected chi connectivity index (χ0v) is 9.63. The first-order valence-electron chi connectivity index (χ1n) is 5.70. The van der Waals surface area contributed by atoms with Crippen LogP contribution in [0.4, 0.5) is 0 Å². The summed E-state index contributed by atoms with van der Waals surface area (Å²) < 4.78 is 6.92. The molecule has 0 amide bonds. The number of aromatic nitrogens is 3. The molecule has 3 rings (SSSR count). The molecule has 4 heteroatoms.